The third-order valence-corrected chi connectivity index (χ3v) is 4.34. The summed E-state index contributed by atoms with van der Waals surface area (Å²) in [4.78, 5) is 44.3. The van der Waals surface area contributed by atoms with E-state index in [2.05, 4.69) is 15.8 Å². The molecule has 0 spiro atoms. The lowest BCUT2D eigenvalue weighted by Gasteiger charge is -2.07. The van der Waals surface area contributed by atoms with Crippen molar-refractivity contribution >= 4 is 29.4 Å². The highest BCUT2D eigenvalue weighted by molar-refractivity contribution is 5.96. The Balaban J connectivity index is 1.59. The number of rotatable bonds is 9. The molecule has 0 fully saturated rings. The highest BCUT2D eigenvalue weighted by Gasteiger charge is 2.21. The Labute approximate surface area is 196 Å². The SMILES string of the molecule is O=C(CNC(=O)c1cccc(F)c1)N/N=C\c1cccc(Oc2ccc([N+](=O)[O-])cc2[N+](=O)[O-])c1. The minimum absolute atomic E-state index is 0.0615. The maximum Gasteiger partial charge on any atom is 0.318 e. The Morgan fingerprint density at radius 2 is 1.77 bits per heavy atom. The molecule has 3 rings (SSSR count). The fraction of sp³-hybridized carbons (Fsp3) is 0.0455. The number of hydrogen-bond acceptors (Lipinski definition) is 8. The number of ether oxygens (including phenoxy) is 1. The Bertz CT molecular complexity index is 1330. The van der Waals surface area contributed by atoms with E-state index in [4.69, 9.17) is 4.74 Å². The van der Waals surface area contributed by atoms with Gasteiger partial charge in [0.1, 0.15) is 11.6 Å². The van der Waals surface area contributed by atoms with Gasteiger partial charge in [-0.1, -0.05) is 18.2 Å². The van der Waals surface area contributed by atoms with Crippen LogP contribution in [0, 0.1) is 26.0 Å². The molecule has 2 N–H and O–H groups in total. The van der Waals surface area contributed by atoms with Gasteiger partial charge >= 0.3 is 5.69 Å². The summed E-state index contributed by atoms with van der Waals surface area (Å²) in [5.74, 6) is -1.87. The standard InChI is InChI=1S/C22H16FN5O7/c23-16-5-2-4-15(10-16)22(30)24-13-21(29)26-25-12-14-3-1-6-18(9-14)35-20-8-7-17(27(31)32)11-19(20)28(33)34/h1-12H,13H2,(H,24,30)(H,26,29)/b25-12-. The molecular weight excluding hydrogens is 465 g/mol. The van der Waals surface area contributed by atoms with Crippen LogP contribution < -0.4 is 15.5 Å². The molecule has 0 bridgehead atoms. The molecule has 0 aliphatic heterocycles. The van der Waals surface area contributed by atoms with Gasteiger partial charge in [0.2, 0.25) is 5.75 Å². The van der Waals surface area contributed by atoms with Crippen molar-refractivity contribution in [2.45, 2.75) is 0 Å². The molecule has 0 atom stereocenters. The summed E-state index contributed by atoms with van der Waals surface area (Å²) in [6.45, 7) is -0.403. The van der Waals surface area contributed by atoms with Crippen molar-refractivity contribution in [2.75, 3.05) is 6.54 Å². The van der Waals surface area contributed by atoms with Gasteiger partial charge < -0.3 is 10.1 Å². The molecule has 2 amide bonds. The number of hydrazone groups is 1. The summed E-state index contributed by atoms with van der Waals surface area (Å²) in [5.41, 5.74) is 1.69. The van der Waals surface area contributed by atoms with Crippen molar-refractivity contribution in [1.82, 2.24) is 10.7 Å². The summed E-state index contributed by atoms with van der Waals surface area (Å²) in [6.07, 6.45) is 1.27. The van der Waals surface area contributed by atoms with E-state index in [9.17, 15) is 34.2 Å². The van der Waals surface area contributed by atoms with Crippen LogP contribution in [-0.4, -0.2) is 34.4 Å². The van der Waals surface area contributed by atoms with Crippen LogP contribution in [0.3, 0.4) is 0 Å². The van der Waals surface area contributed by atoms with Crippen LogP contribution in [0.15, 0.2) is 71.8 Å². The summed E-state index contributed by atoms with van der Waals surface area (Å²) in [5, 5.41) is 28.2. The second kappa shape index (κ2) is 11.1. The number of nitrogens with one attached hydrogen (secondary N) is 2. The Morgan fingerprint density at radius 1 is 1.00 bits per heavy atom. The molecule has 0 aromatic heterocycles. The Morgan fingerprint density at radius 3 is 2.49 bits per heavy atom. The van der Waals surface area contributed by atoms with E-state index in [0.717, 1.165) is 24.3 Å². The first-order valence-electron chi connectivity index (χ1n) is 9.79. The van der Waals surface area contributed by atoms with Gasteiger partial charge in [0.05, 0.1) is 28.7 Å². The number of benzene rings is 3. The predicted molar refractivity (Wildman–Crippen MR) is 121 cm³/mol. The van der Waals surface area contributed by atoms with E-state index in [1.165, 1.54) is 36.5 Å². The van der Waals surface area contributed by atoms with Crippen LogP contribution in [0.25, 0.3) is 0 Å². The first kappa shape index (κ1) is 24.4. The fourth-order valence-electron chi connectivity index (χ4n) is 2.74. The van der Waals surface area contributed by atoms with Crippen molar-refractivity contribution in [3.05, 3.63) is 104 Å². The van der Waals surface area contributed by atoms with Crippen LogP contribution in [0.1, 0.15) is 15.9 Å². The van der Waals surface area contributed by atoms with Crippen molar-refractivity contribution in [1.29, 1.82) is 0 Å². The van der Waals surface area contributed by atoms with E-state index in [-0.39, 0.29) is 17.1 Å². The van der Waals surface area contributed by atoms with Crippen LogP contribution >= 0.6 is 0 Å². The minimum Gasteiger partial charge on any atom is -0.450 e. The lowest BCUT2D eigenvalue weighted by atomic mass is 10.2. The Kier molecular flexibility index (Phi) is 7.74. The van der Waals surface area contributed by atoms with Gasteiger partial charge in [0, 0.05) is 11.6 Å². The van der Waals surface area contributed by atoms with Crippen LogP contribution in [-0.2, 0) is 4.79 Å². The molecular formula is C22H16FN5O7. The molecule has 0 radical (unpaired) electrons. The second-order valence-electron chi connectivity index (χ2n) is 6.83. The first-order valence-corrected chi connectivity index (χ1v) is 9.79. The summed E-state index contributed by atoms with van der Waals surface area (Å²) >= 11 is 0. The molecule has 13 heteroatoms. The largest absolute Gasteiger partial charge is 0.450 e. The van der Waals surface area contributed by atoms with Crippen LogP contribution in [0.5, 0.6) is 11.5 Å². The van der Waals surface area contributed by atoms with E-state index in [1.807, 2.05) is 0 Å². The molecule has 12 nitrogen and oxygen atoms in total. The number of halogens is 1. The van der Waals surface area contributed by atoms with Gasteiger partial charge in [0.25, 0.3) is 17.5 Å². The maximum atomic E-state index is 13.2. The number of hydrogen-bond donors (Lipinski definition) is 2. The van der Waals surface area contributed by atoms with Crippen molar-refractivity contribution < 1.29 is 28.6 Å². The van der Waals surface area contributed by atoms with Gasteiger partial charge in [-0.05, 0) is 42.0 Å². The lowest BCUT2D eigenvalue weighted by molar-refractivity contribution is -0.394. The molecule has 0 saturated carbocycles. The predicted octanol–water partition coefficient (Wildman–Crippen LogP) is 3.31. The number of nitro groups is 2. The minimum atomic E-state index is -0.795. The van der Waals surface area contributed by atoms with Crippen LogP contribution in [0.2, 0.25) is 0 Å². The molecule has 0 unspecified atom stereocenters. The molecule has 0 aliphatic carbocycles. The first-order chi connectivity index (χ1) is 16.7. The average molecular weight is 481 g/mol. The normalized spacial score (nSPS) is 10.5. The number of carbonyl (C=O) groups excluding carboxylic acids is 2. The van der Waals surface area contributed by atoms with E-state index in [0.29, 0.717) is 5.56 Å². The molecule has 0 aliphatic rings. The van der Waals surface area contributed by atoms with Gasteiger partial charge in [-0.25, -0.2) is 9.82 Å². The van der Waals surface area contributed by atoms with E-state index in [1.54, 1.807) is 12.1 Å². The zero-order chi connectivity index (χ0) is 25.4. The van der Waals surface area contributed by atoms with Gasteiger partial charge in [-0.3, -0.25) is 29.8 Å². The van der Waals surface area contributed by atoms with E-state index >= 15 is 0 Å². The molecule has 35 heavy (non-hydrogen) atoms. The molecule has 0 saturated heterocycles. The summed E-state index contributed by atoms with van der Waals surface area (Å²) in [6, 6.07) is 14.1. The number of nitrogens with zero attached hydrogens (tertiary/aromatic N) is 3. The molecule has 3 aromatic carbocycles. The van der Waals surface area contributed by atoms with Crippen molar-refractivity contribution in [2.24, 2.45) is 5.10 Å². The smallest absolute Gasteiger partial charge is 0.318 e. The third kappa shape index (κ3) is 6.89. The molecule has 3 aromatic rings. The van der Waals surface area contributed by atoms with E-state index < -0.39 is 45.4 Å². The summed E-state index contributed by atoms with van der Waals surface area (Å²) < 4.78 is 18.7. The van der Waals surface area contributed by atoms with Crippen molar-refractivity contribution in [3.63, 3.8) is 0 Å². The van der Waals surface area contributed by atoms with Gasteiger partial charge in [0.15, 0.2) is 0 Å². The topological polar surface area (TPSA) is 166 Å². The molecule has 0 heterocycles. The van der Waals surface area contributed by atoms with Gasteiger partial charge in [-0.2, -0.15) is 5.10 Å². The van der Waals surface area contributed by atoms with Crippen molar-refractivity contribution in [3.8, 4) is 11.5 Å². The highest BCUT2D eigenvalue weighted by Crippen LogP contribution is 2.34. The molecule has 178 valence electrons. The monoisotopic (exact) mass is 481 g/mol. The summed E-state index contributed by atoms with van der Waals surface area (Å²) in [7, 11) is 0. The quantitative estimate of drug-likeness (QED) is 0.269. The lowest BCUT2D eigenvalue weighted by Crippen LogP contribution is -2.34. The zero-order valence-electron chi connectivity index (χ0n) is 17.7. The number of carbonyl (C=O) groups is 2. The number of nitro benzene ring substituents is 2. The Hall–Kier alpha value is -5.20. The average Bonchev–Trinajstić information content (AvgIpc) is 2.82. The second-order valence-corrected chi connectivity index (χ2v) is 6.83. The van der Waals surface area contributed by atoms with Crippen LogP contribution in [0.4, 0.5) is 15.8 Å². The zero-order valence-corrected chi connectivity index (χ0v) is 17.7. The highest BCUT2D eigenvalue weighted by atomic mass is 19.1. The fourth-order valence-corrected chi connectivity index (χ4v) is 2.74. The third-order valence-electron chi connectivity index (χ3n) is 4.34. The number of non-ortho nitro benzene ring substituents is 1. The van der Waals surface area contributed by atoms with Gasteiger partial charge in [-0.15, -0.1) is 0 Å². The maximum absolute atomic E-state index is 13.2. The number of amides is 2.